The largest absolute Gasteiger partial charge is 0.387 e. The second-order valence-electron chi connectivity index (χ2n) is 5.50. The van der Waals surface area contributed by atoms with E-state index in [9.17, 15) is 5.11 Å². The lowest BCUT2D eigenvalue weighted by Gasteiger charge is -2.31. The van der Waals surface area contributed by atoms with Crippen LogP contribution in [0.15, 0.2) is 15.9 Å². The van der Waals surface area contributed by atoms with Crippen LogP contribution in [0.2, 0.25) is 0 Å². The number of halogens is 1. The zero-order chi connectivity index (χ0) is 13.0. The highest BCUT2D eigenvalue weighted by Gasteiger charge is 2.28. The zero-order valence-corrected chi connectivity index (χ0v) is 13.5. The van der Waals surface area contributed by atoms with E-state index in [-0.39, 0.29) is 6.10 Å². The fraction of sp³-hybridized carbons (Fsp3) is 0.733. The van der Waals surface area contributed by atoms with Gasteiger partial charge in [0.05, 0.1) is 6.10 Å². The van der Waals surface area contributed by atoms with Gasteiger partial charge in [-0.25, -0.2) is 0 Å². The highest BCUT2D eigenvalue weighted by molar-refractivity contribution is 9.10. The van der Waals surface area contributed by atoms with Crippen LogP contribution in [0.5, 0.6) is 0 Å². The van der Waals surface area contributed by atoms with Crippen molar-refractivity contribution < 1.29 is 5.11 Å². The summed E-state index contributed by atoms with van der Waals surface area (Å²) in [6, 6.07) is 2.04. The summed E-state index contributed by atoms with van der Waals surface area (Å²) < 4.78 is 1.08. The third-order valence-electron chi connectivity index (χ3n) is 4.22. The van der Waals surface area contributed by atoms with Crippen molar-refractivity contribution in [2.75, 3.05) is 0 Å². The van der Waals surface area contributed by atoms with Gasteiger partial charge >= 0.3 is 0 Å². The molecule has 1 heterocycles. The lowest BCUT2D eigenvalue weighted by Crippen LogP contribution is -2.20. The number of unbranched alkanes of at least 4 members (excludes halogenated alkanes) is 1. The summed E-state index contributed by atoms with van der Waals surface area (Å²) in [5.41, 5.74) is 0. The minimum atomic E-state index is -0.258. The number of hydrogen-bond acceptors (Lipinski definition) is 2. The van der Waals surface area contributed by atoms with Gasteiger partial charge in [0.2, 0.25) is 0 Å². The Balaban J connectivity index is 1.84. The molecule has 0 spiro atoms. The lowest BCUT2D eigenvalue weighted by atomic mass is 9.77. The number of rotatable bonds is 5. The topological polar surface area (TPSA) is 20.2 Å². The molecule has 1 saturated carbocycles. The van der Waals surface area contributed by atoms with E-state index in [0.717, 1.165) is 15.3 Å². The van der Waals surface area contributed by atoms with Gasteiger partial charge < -0.3 is 5.11 Å². The van der Waals surface area contributed by atoms with Crippen LogP contribution in [-0.2, 0) is 0 Å². The fourth-order valence-electron chi connectivity index (χ4n) is 3.02. The second-order valence-corrected chi connectivity index (χ2v) is 7.30. The molecular weight excluding hydrogens is 308 g/mol. The Morgan fingerprint density at radius 1 is 1.39 bits per heavy atom. The van der Waals surface area contributed by atoms with E-state index in [1.807, 2.05) is 6.07 Å². The van der Waals surface area contributed by atoms with Crippen molar-refractivity contribution >= 4 is 27.3 Å². The molecule has 0 saturated heterocycles. The summed E-state index contributed by atoms with van der Waals surface area (Å²) in [5, 5.41) is 12.5. The molecule has 3 heteroatoms. The Hall–Kier alpha value is 0.140. The first-order chi connectivity index (χ1) is 8.72. The predicted molar refractivity (Wildman–Crippen MR) is 82.0 cm³/mol. The van der Waals surface area contributed by atoms with Gasteiger partial charge in [-0.05, 0) is 52.1 Å². The Bertz CT molecular complexity index is 355. The van der Waals surface area contributed by atoms with Crippen LogP contribution >= 0.6 is 27.3 Å². The van der Waals surface area contributed by atoms with Gasteiger partial charge in [-0.1, -0.05) is 39.0 Å². The molecule has 18 heavy (non-hydrogen) atoms. The highest BCUT2D eigenvalue weighted by atomic mass is 79.9. The van der Waals surface area contributed by atoms with Crippen molar-refractivity contribution in [3.05, 3.63) is 20.8 Å². The zero-order valence-electron chi connectivity index (χ0n) is 11.1. The molecule has 0 radical (unpaired) electrons. The van der Waals surface area contributed by atoms with Gasteiger partial charge in [0.15, 0.2) is 0 Å². The quantitative estimate of drug-likeness (QED) is 0.751. The monoisotopic (exact) mass is 330 g/mol. The van der Waals surface area contributed by atoms with E-state index in [2.05, 4.69) is 28.2 Å². The first-order valence-electron chi connectivity index (χ1n) is 7.13. The summed E-state index contributed by atoms with van der Waals surface area (Å²) in [7, 11) is 0. The van der Waals surface area contributed by atoms with Crippen molar-refractivity contribution in [3.8, 4) is 0 Å². The van der Waals surface area contributed by atoms with Gasteiger partial charge in [-0.3, -0.25) is 0 Å². The molecule has 1 N–H and O–H groups in total. The third kappa shape index (κ3) is 3.58. The number of hydrogen-bond donors (Lipinski definition) is 1. The van der Waals surface area contributed by atoms with Crippen LogP contribution < -0.4 is 0 Å². The van der Waals surface area contributed by atoms with Gasteiger partial charge in [0.1, 0.15) is 0 Å². The molecule has 1 aromatic heterocycles. The number of thiophene rings is 1. The SMILES string of the molecule is CCCCC1CCC(C(O)c2sccc2Br)CC1. The van der Waals surface area contributed by atoms with E-state index in [0.29, 0.717) is 5.92 Å². The molecule has 1 aliphatic rings. The van der Waals surface area contributed by atoms with Crippen molar-refractivity contribution in [3.63, 3.8) is 0 Å². The highest BCUT2D eigenvalue weighted by Crippen LogP contribution is 2.41. The Kier molecular flexibility index (Phi) is 5.71. The minimum Gasteiger partial charge on any atom is -0.387 e. The first-order valence-corrected chi connectivity index (χ1v) is 8.80. The van der Waals surface area contributed by atoms with Crippen LogP contribution in [0.1, 0.15) is 62.9 Å². The Morgan fingerprint density at radius 2 is 2.11 bits per heavy atom. The fourth-order valence-corrected chi connectivity index (χ4v) is 4.70. The average Bonchev–Trinajstić information content (AvgIpc) is 2.82. The molecule has 1 aliphatic carbocycles. The minimum absolute atomic E-state index is 0.258. The predicted octanol–water partition coefficient (Wildman–Crippen LogP) is 5.54. The molecule has 102 valence electrons. The molecule has 1 unspecified atom stereocenters. The van der Waals surface area contributed by atoms with E-state index < -0.39 is 0 Å². The lowest BCUT2D eigenvalue weighted by molar-refractivity contribution is 0.0743. The van der Waals surface area contributed by atoms with E-state index in [1.54, 1.807) is 11.3 Å². The Labute approximate surface area is 123 Å². The van der Waals surface area contributed by atoms with Crippen LogP contribution in [0.3, 0.4) is 0 Å². The normalized spacial score (nSPS) is 26.2. The van der Waals surface area contributed by atoms with E-state index in [1.165, 1.54) is 44.9 Å². The van der Waals surface area contributed by atoms with Crippen molar-refractivity contribution in [1.82, 2.24) is 0 Å². The Morgan fingerprint density at radius 3 is 2.67 bits per heavy atom. The third-order valence-corrected chi connectivity index (χ3v) is 6.16. The van der Waals surface area contributed by atoms with Gasteiger partial charge in [0.25, 0.3) is 0 Å². The molecule has 0 amide bonds. The maximum atomic E-state index is 10.5. The molecule has 1 fully saturated rings. The van der Waals surface area contributed by atoms with Crippen LogP contribution in [0.4, 0.5) is 0 Å². The molecule has 1 nitrogen and oxygen atoms in total. The summed E-state index contributed by atoms with van der Waals surface area (Å²) in [5.74, 6) is 1.39. The maximum absolute atomic E-state index is 10.5. The second kappa shape index (κ2) is 7.06. The van der Waals surface area contributed by atoms with Crippen LogP contribution in [-0.4, -0.2) is 5.11 Å². The van der Waals surface area contributed by atoms with E-state index in [4.69, 9.17) is 0 Å². The van der Waals surface area contributed by atoms with Crippen molar-refractivity contribution in [2.24, 2.45) is 11.8 Å². The number of aliphatic hydroxyl groups is 1. The molecular formula is C15H23BrOS. The molecule has 0 aromatic carbocycles. The van der Waals surface area contributed by atoms with Gasteiger partial charge in [-0.2, -0.15) is 0 Å². The van der Waals surface area contributed by atoms with Crippen molar-refractivity contribution in [1.29, 1.82) is 0 Å². The van der Waals surface area contributed by atoms with Crippen LogP contribution in [0.25, 0.3) is 0 Å². The molecule has 0 aliphatic heterocycles. The summed E-state index contributed by atoms with van der Waals surface area (Å²) in [6.45, 7) is 2.27. The van der Waals surface area contributed by atoms with Gasteiger partial charge in [0, 0.05) is 9.35 Å². The summed E-state index contributed by atoms with van der Waals surface area (Å²) >= 11 is 5.20. The van der Waals surface area contributed by atoms with E-state index >= 15 is 0 Å². The molecule has 2 rings (SSSR count). The molecule has 0 bridgehead atoms. The van der Waals surface area contributed by atoms with Crippen molar-refractivity contribution in [2.45, 2.75) is 58.0 Å². The van der Waals surface area contributed by atoms with Crippen LogP contribution in [0, 0.1) is 11.8 Å². The standard InChI is InChI=1S/C15H23BrOS/c1-2-3-4-11-5-7-12(8-6-11)14(17)15-13(16)9-10-18-15/h9-12,14,17H,2-8H2,1H3. The molecule has 1 atom stereocenters. The number of aliphatic hydroxyl groups excluding tert-OH is 1. The van der Waals surface area contributed by atoms with Gasteiger partial charge in [-0.15, -0.1) is 11.3 Å². The maximum Gasteiger partial charge on any atom is 0.0921 e. The smallest absolute Gasteiger partial charge is 0.0921 e. The summed E-state index contributed by atoms with van der Waals surface area (Å²) in [4.78, 5) is 1.12. The summed E-state index contributed by atoms with van der Waals surface area (Å²) in [6.07, 6.45) is 8.82. The average molecular weight is 331 g/mol. The molecule has 1 aromatic rings. The first kappa shape index (κ1) is 14.5.